The van der Waals surface area contributed by atoms with Crippen molar-refractivity contribution in [3.63, 3.8) is 0 Å². The van der Waals surface area contributed by atoms with Crippen LogP contribution >= 0.6 is 39.1 Å². The summed E-state index contributed by atoms with van der Waals surface area (Å²) in [6.45, 7) is 1.14. The monoisotopic (exact) mass is 612 g/mol. The van der Waals surface area contributed by atoms with Crippen molar-refractivity contribution >= 4 is 55.1 Å². The third-order valence-electron chi connectivity index (χ3n) is 5.77. The van der Waals surface area contributed by atoms with Crippen molar-refractivity contribution in [3.05, 3.63) is 91.9 Å². The van der Waals surface area contributed by atoms with E-state index in [1.807, 2.05) is 0 Å². The molecule has 190 valence electrons. The lowest BCUT2D eigenvalue weighted by atomic mass is 9.97. The Morgan fingerprint density at radius 2 is 1.69 bits per heavy atom. The fourth-order valence-electron chi connectivity index (χ4n) is 3.90. The topological polar surface area (TPSA) is 84.9 Å². The molecule has 3 aromatic carbocycles. The van der Waals surface area contributed by atoms with Crippen LogP contribution in [0.15, 0.2) is 70.0 Å². The van der Waals surface area contributed by atoms with Gasteiger partial charge in [-0.2, -0.15) is 4.31 Å². The van der Waals surface area contributed by atoms with Crippen molar-refractivity contribution in [1.82, 2.24) is 9.62 Å². The van der Waals surface area contributed by atoms with E-state index in [1.165, 1.54) is 17.5 Å². The number of morpholine rings is 1. The first-order chi connectivity index (χ1) is 17.2. The quantitative estimate of drug-likeness (QED) is 0.391. The average Bonchev–Trinajstić information content (AvgIpc) is 2.88. The van der Waals surface area contributed by atoms with Gasteiger partial charge in [0.15, 0.2) is 0 Å². The van der Waals surface area contributed by atoms with Gasteiger partial charge in [-0.3, -0.25) is 4.79 Å². The zero-order valence-corrected chi connectivity index (χ0v) is 23.1. The standard InChI is InChI=1S/C25H23BrCl2N2O5S/c1-34-22-15-19(28)7-8-20(22)24(16-2-5-18(27)6-3-16)29-25(31)17-4-9-21(26)23(14-17)36(32,33)30-10-12-35-13-11-30/h2-9,14-15,24H,10-13H2,1H3,(H,29,31). The Morgan fingerprint density at radius 1 is 1.03 bits per heavy atom. The van der Waals surface area contributed by atoms with E-state index in [1.54, 1.807) is 54.6 Å². The van der Waals surface area contributed by atoms with Crippen molar-refractivity contribution < 1.29 is 22.7 Å². The molecular weight excluding hydrogens is 591 g/mol. The molecule has 0 radical (unpaired) electrons. The van der Waals surface area contributed by atoms with Gasteiger partial charge in [0, 0.05) is 38.7 Å². The van der Waals surface area contributed by atoms with Gasteiger partial charge in [0.1, 0.15) is 5.75 Å². The number of methoxy groups -OCH3 is 1. The number of rotatable bonds is 7. The van der Waals surface area contributed by atoms with E-state index in [0.29, 0.717) is 39.0 Å². The van der Waals surface area contributed by atoms with Crippen LogP contribution in [0.2, 0.25) is 10.0 Å². The van der Waals surface area contributed by atoms with Crippen LogP contribution in [0, 0.1) is 0 Å². The number of halogens is 3. The molecule has 11 heteroatoms. The zero-order chi connectivity index (χ0) is 25.9. The minimum atomic E-state index is -3.82. The summed E-state index contributed by atoms with van der Waals surface area (Å²) in [5.41, 5.74) is 1.62. The van der Waals surface area contributed by atoms with E-state index < -0.39 is 22.0 Å². The molecule has 4 rings (SSSR count). The van der Waals surface area contributed by atoms with Crippen molar-refractivity contribution in [2.45, 2.75) is 10.9 Å². The summed E-state index contributed by atoms with van der Waals surface area (Å²) in [5.74, 6) is 0.0343. The Balaban J connectivity index is 1.70. The molecule has 0 aliphatic carbocycles. The number of hydrogen-bond donors (Lipinski definition) is 1. The third-order valence-corrected chi connectivity index (χ3v) is 9.15. The van der Waals surface area contributed by atoms with E-state index in [0.717, 1.165) is 5.56 Å². The molecule has 36 heavy (non-hydrogen) atoms. The predicted molar refractivity (Wildman–Crippen MR) is 142 cm³/mol. The van der Waals surface area contributed by atoms with Crippen LogP contribution in [-0.2, 0) is 14.8 Å². The first-order valence-electron chi connectivity index (χ1n) is 11.0. The molecular formula is C25H23BrCl2N2O5S. The predicted octanol–water partition coefficient (Wildman–Crippen LogP) is 5.30. The number of benzene rings is 3. The van der Waals surface area contributed by atoms with Crippen LogP contribution in [0.25, 0.3) is 0 Å². The fraction of sp³-hybridized carbons (Fsp3) is 0.240. The Hall–Kier alpha value is -2.14. The van der Waals surface area contributed by atoms with Crippen molar-refractivity contribution in [3.8, 4) is 5.75 Å². The lowest BCUT2D eigenvalue weighted by Gasteiger charge is -2.26. The maximum Gasteiger partial charge on any atom is 0.252 e. The Kier molecular flexibility index (Phi) is 8.59. The highest BCUT2D eigenvalue weighted by Crippen LogP contribution is 2.34. The molecule has 0 aromatic heterocycles. The van der Waals surface area contributed by atoms with Gasteiger partial charge in [-0.05, 0) is 64.0 Å². The van der Waals surface area contributed by atoms with Crippen LogP contribution in [-0.4, -0.2) is 52.0 Å². The van der Waals surface area contributed by atoms with Gasteiger partial charge in [0.25, 0.3) is 5.91 Å². The molecule has 1 amide bonds. The summed E-state index contributed by atoms with van der Waals surface area (Å²) >= 11 is 15.6. The first-order valence-corrected chi connectivity index (χ1v) is 14.0. The highest BCUT2D eigenvalue weighted by Gasteiger charge is 2.29. The molecule has 1 unspecified atom stereocenters. The largest absolute Gasteiger partial charge is 0.496 e. The molecule has 1 heterocycles. The molecule has 1 N–H and O–H groups in total. The van der Waals surface area contributed by atoms with E-state index >= 15 is 0 Å². The number of carbonyl (C=O) groups excluding carboxylic acids is 1. The molecule has 7 nitrogen and oxygen atoms in total. The van der Waals surface area contributed by atoms with Gasteiger partial charge in [-0.15, -0.1) is 0 Å². The van der Waals surface area contributed by atoms with Gasteiger partial charge in [0.2, 0.25) is 10.0 Å². The van der Waals surface area contributed by atoms with Crippen LogP contribution in [0.3, 0.4) is 0 Å². The molecule has 1 fully saturated rings. The second-order valence-electron chi connectivity index (χ2n) is 8.01. The normalized spacial score (nSPS) is 15.3. The average molecular weight is 614 g/mol. The smallest absolute Gasteiger partial charge is 0.252 e. The van der Waals surface area contributed by atoms with Gasteiger partial charge < -0.3 is 14.8 Å². The van der Waals surface area contributed by atoms with Gasteiger partial charge in [0.05, 0.1) is 31.3 Å². The molecule has 1 aliphatic rings. The minimum Gasteiger partial charge on any atom is -0.496 e. The number of nitrogens with one attached hydrogen (secondary N) is 1. The molecule has 3 aromatic rings. The lowest BCUT2D eigenvalue weighted by Crippen LogP contribution is -2.40. The Bertz CT molecular complexity index is 1360. The summed E-state index contributed by atoms with van der Waals surface area (Å²) in [5, 5.41) is 4.05. The van der Waals surface area contributed by atoms with E-state index in [-0.39, 0.29) is 23.5 Å². The molecule has 1 saturated heterocycles. The van der Waals surface area contributed by atoms with Crippen LogP contribution in [0.5, 0.6) is 5.75 Å². The van der Waals surface area contributed by atoms with Crippen molar-refractivity contribution in [1.29, 1.82) is 0 Å². The second-order valence-corrected chi connectivity index (χ2v) is 11.6. The molecule has 0 saturated carbocycles. The van der Waals surface area contributed by atoms with Gasteiger partial charge in [-0.25, -0.2) is 8.42 Å². The maximum atomic E-state index is 13.5. The van der Waals surface area contributed by atoms with Crippen LogP contribution in [0.1, 0.15) is 27.5 Å². The molecule has 1 atom stereocenters. The fourth-order valence-corrected chi connectivity index (χ4v) is 6.55. The second kappa shape index (κ2) is 11.5. The number of nitrogens with zero attached hydrogens (tertiary/aromatic N) is 1. The Morgan fingerprint density at radius 3 is 2.36 bits per heavy atom. The van der Waals surface area contributed by atoms with E-state index in [9.17, 15) is 13.2 Å². The number of amides is 1. The SMILES string of the molecule is COc1cc(Cl)ccc1C(NC(=O)c1ccc(Br)c(S(=O)(=O)N2CCOCC2)c1)c1ccc(Cl)cc1. The lowest BCUT2D eigenvalue weighted by molar-refractivity contribution is 0.0730. The molecule has 0 bridgehead atoms. The minimum absolute atomic E-state index is 0.0177. The summed E-state index contributed by atoms with van der Waals surface area (Å²) in [6, 6.07) is 16.1. The molecule has 1 aliphatic heterocycles. The summed E-state index contributed by atoms with van der Waals surface area (Å²) in [7, 11) is -2.30. The Labute approximate surface area is 228 Å². The number of ether oxygens (including phenoxy) is 2. The van der Waals surface area contributed by atoms with E-state index in [4.69, 9.17) is 32.7 Å². The summed E-state index contributed by atoms with van der Waals surface area (Å²) in [6.07, 6.45) is 0. The first kappa shape index (κ1) is 26.9. The zero-order valence-electron chi connectivity index (χ0n) is 19.2. The maximum absolute atomic E-state index is 13.5. The third kappa shape index (κ3) is 5.88. The van der Waals surface area contributed by atoms with Crippen LogP contribution in [0.4, 0.5) is 0 Å². The van der Waals surface area contributed by atoms with Gasteiger partial charge >= 0.3 is 0 Å². The van der Waals surface area contributed by atoms with E-state index in [2.05, 4.69) is 21.2 Å². The van der Waals surface area contributed by atoms with Crippen LogP contribution < -0.4 is 10.1 Å². The van der Waals surface area contributed by atoms with Crippen molar-refractivity contribution in [2.24, 2.45) is 0 Å². The van der Waals surface area contributed by atoms with Gasteiger partial charge in [-0.1, -0.05) is 41.4 Å². The van der Waals surface area contributed by atoms with Crippen molar-refractivity contribution in [2.75, 3.05) is 33.4 Å². The number of hydrogen-bond acceptors (Lipinski definition) is 5. The number of sulfonamides is 1. The highest BCUT2D eigenvalue weighted by molar-refractivity contribution is 9.10. The number of carbonyl (C=O) groups is 1. The molecule has 0 spiro atoms. The summed E-state index contributed by atoms with van der Waals surface area (Å²) < 4.78 is 39.1. The summed E-state index contributed by atoms with van der Waals surface area (Å²) in [4.78, 5) is 13.5. The highest BCUT2D eigenvalue weighted by atomic mass is 79.9.